The number of carbonyl (C=O) groups is 1. The third kappa shape index (κ3) is 3.33. The molecule has 3 rings (SSSR count). The Kier molecular flexibility index (Phi) is 4.94. The predicted molar refractivity (Wildman–Crippen MR) is 88.9 cm³/mol. The van der Waals surface area contributed by atoms with E-state index in [2.05, 4.69) is 4.98 Å². The number of anilines is 1. The normalized spacial score (nSPS) is 18.6. The summed E-state index contributed by atoms with van der Waals surface area (Å²) in [5, 5.41) is 19.3. The molecular weight excluding hydrogens is 336 g/mol. The largest absolute Gasteiger partial charge is 0.441 e. The number of cyclic esters (lactones) is 1. The SMILES string of the molecule is COC[C@H]1CN([13c]2[13cH][13cH][13c]3nc([C@@H](O)CCC#N)s[13c]3[13cH]2)C(=O)O1. The van der Waals surface area contributed by atoms with Crippen LogP contribution in [0.3, 0.4) is 0 Å². The molecule has 8 heteroatoms. The van der Waals surface area contributed by atoms with Crippen LogP contribution in [0.1, 0.15) is 24.0 Å². The number of ether oxygens (including phenoxy) is 2. The van der Waals surface area contributed by atoms with Crippen molar-refractivity contribution in [1.82, 2.24) is 4.98 Å². The number of methoxy groups -OCH3 is 1. The fourth-order valence-corrected chi connectivity index (χ4v) is 3.59. The first-order valence-electron chi connectivity index (χ1n) is 7.55. The number of amides is 1. The minimum Gasteiger partial charge on any atom is -0.441 e. The summed E-state index contributed by atoms with van der Waals surface area (Å²) in [4.78, 5) is 18.0. The number of carbonyl (C=O) groups excluding carboxylic acids is 1. The van der Waals surface area contributed by atoms with E-state index in [-0.39, 0.29) is 12.5 Å². The Morgan fingerprint density at radius 3 is 3.21 bits per heavy atom. The van der Waals surface area contributed by atoms with Crippen molar-refractivity contribution in [2.45, 2.75) is 25.0 Å². The number of aromatic nitrogens is 1. The first-order chi connectivity index (χ1) is 11.6. The zero-order chi connectivity index (χ0) is 17.1. The minimum absolute atomic E-state index is 0.275. The van der Waals surface area contributed by atoms with Crippen molar-refractivity contribution in [2.24, 2.45) is 0 Å². The van der Waals surface area contributed by atoms with Crippen LogP contribution >= 0.6 is 11.3 Å². The molecule has 126 valence electrons. The van der Waals surface area contributed by atoms with Gasteiger partial charge in [-0.2, -0.15) is 5.26 Å². The topological polar surface area (TPSA) is 95.7 Å². The van der Waals surface area contributed by atoms with Gasteiger partial charge in [-0.05, 0) is 24.6 Å². The highest BCUT2D eigenvalue weighted by Gasteiger charge is 2.32. The van der Waals surface area contributed by atoms with Crippen LogP contribution < -0.4 is 4.90 Å². The van der Waals surface area contributed by atoms with Crippen molar-refractivity contribution in [1.29, 1.82) is 5.26 Å². The van der Waals surface area contributed by atoms with E-state index in [0.717, 1.165) is 15.9 Å². The summed E-state index contributed by atoms with van der Waals surface area (Å²) >= 11 is 1.37. The number of nitriles is 1. The monoisotopic (exact) mass is 353 g/mol. The molecule has 0 unspecified atom stereocenters. The van der Waals surface area contributed by atoms with Crippen LogP contribution in [0.4, 0.5) is 10.5 Å². The maximum Gasteiger partial charge on any atom is 0.414 e. The Balaban J connectivity index is 1.81. The predicted octanol–water partition coefficient (Wildman–Crippen LogP) is 2.61. The molecule has 2 heterocycles. The van der Waals surface area contributed by atoms with Gasteiger partial charge in [0, 0.05) is 19.2 Å². The molecule has 1 amide bonds. The molecule has 0 spiro atoms. The molecule has 24 heavy (non-hydrogen) atoms. The van der Waals surface area contributed by atoms with Gasteiger partial charge in [-0.15, -0.1) is 11.3 Å². The van der Waals surface area contributed by atoms with Crippen LogP contribution in [0.2, 0.25) is 0 Å². The summed E-state index contributed by atoms with van der Waals surface area (Å²) in [7, 11) is 1.57. The fourth-order valence-electron chi connectivity index (χ4n) is 2.57. The molecule has 1 N–H and O–H groups in total. The first-order valence-corrected chi connectivity index (χ1v) is 8.36. The van der Waals surface area contributed by atoms with Crippen LogP contribution in [0, 0.1) is 11.3 Å². The summed E-state index contributed by atoms with van der Waals surface area (Å²) < 4.78 is 11.2. The number of aliphatic hydroxyl groups is 1. The lowest BCUT2D eigenvalue weighted by molar-refractivity contribution is 0.0718. The van der Waals surface area contributed by atoms with Gasteiger partial charge < -0.3 is 14.6 Å². The van der Waals surface area contributed by atoms with Crippen molar-refractivity contribution in [3.8, 4) is 6.07 Å². The van der Waals surface area contributed by atoms with Gasteiger partial charge in [0.1, 0.15) is 17.2 Å². The Hall–Kier alpha value is -2.21. The maximum atomic E-state index is 12.0. The van der Waals surface area contributed by atoms with Crippen molar-refractivity contribution in [3.05, 3.63) is 23.2 Å². The first kappa shape index (κ1) is 16.6. The highest BCUT2D eigenvalue weighted by Crippen LogP contribution is 2.32. The third-order valence-corrected chi connectivity index (χ3v) is 4.86. The van der Waals surface area contributed by atoms with Gasteiger partial charge >= 0.3 is 6.09 Å². The molecule has 1 aromatic carbocycles. The number of hydrogen-bond donors (Lipinski definition) is 1. The van der Waals surface area contributed by atoms with E-state index in [1.165, 1.54) is 11.3 Å². The molecule has 1 aromatic heterocycles. The molecule has 1 aliphatic heterocycles. The zero-order valence-corrected chi connectivity index (χ0v) is 14.0. The lowest BCUT2D eigenvalue weighted by Crippen LogP contribution is -2.25. The number of fused-ring (bicyclic) bond motifs is 1. The van der Waals surface area contributed by atoms with Gasteiger partial charge in [0.2, 0.25) is 0 Å². The molecule has 1 saturated heterocycles. The van der Waals surface area contributed by atoms with Crippen molar-refractivity contribution in [2.75, 3.05) is 25.2 Å². The summed E-state index contributed by atoms with van der Waals surface area (Å²) in [6, 6.07) is 7.51. The smallest absolute Gasteiger partial charge is 0.414 e. The van der Waals surface area contributed by atoms with Crippen LogP contribution in [-0.4, -0.2) is 42.5 Å². The maximum absolute atomic E-state index is 12.0. The van der Waals surface area contributed by atoms with E-state index in [0.29, 0.717) is 24.6 Å². The molecular formula is C16H17N3O4S. The standard InChI is InChI=1S/C16H17N3O4S/c1-22-9-11-8-19(16(21)23-11)10-4-5-12-14(7-10)24-15(18-12)13(20)3-2-6-17/h4-5,7,11,13,20H,2-3,8-9H2,1H3/t11-,13+/m1/s1/i4+1,5+1,7+1,10+1,12+1,14+1. The Morgan fingerprint density at radius 2 is 2.46 bits per heavy atom. The van der Waals surface area contributed by atoms with Gasteiger partial charge in [-0.1, -0.05) is 0 Å². The Labute approximate surface area is 143 Å². The second kappa shape index (κ2) is 7.13. The van der Waals surface area contributed by atoms with Gasteiger partial charge in [0.15, 0.2) is 0 Å². The van der Waals surface area contributed by atoms with E-state index < -0.39 is 12.2 Å². The van der Waals surface area contributed by atoms with Crippen LogP contribution in [0.25, 0.3) is 10.2 Å². The number of hydrogen-bond acceptors (Lipinski definition) is 7. The summed E-state index contributed by atoms with van der Waals surface area (Å²) in [6.45, 7) is 0.801. The number of benzene rings is 1. The Morgan fingerprint density at radius 1 is 1.62 bits per heavy atom. The fraction of sp³-hybridized carbons (Fsp3) is 0.438. The minimum atomic E-state index is -0.742. The average Bonchev–Trinajstić information content (AvgIpc) is 3.15. The molecule has 1 aliphatic rings. The number of aliphatic hydroxyl groups excluding tert-OH is 1. The number of nitrogens with zero attached hydrogens (tertiary/aromatic N) is 3. The zero-order valence-electron chi connectivity index (χ0n) is 13.1. The molecule has 0 bridgehead atoms. The number of thiazole rings is 1. The highest BCUT2D eigenvalue weighted by molar-refractivity contribution is 7.18. The Bertz CT molecular complexity index is 785. The van der Waals surface area contributed by atoms with E-state index in [9.17, 15) is 9.90 Å². The molecule has 1 fully saturated rings. The van der Waals surface area contributed by atoms with Crippen molar-refractivity contribution >= 4 is 33.3 Å². The van der Waals surface area contributed by atoms with Crippen LogP contribution in [-0.2, 0) is 9.47 Å². The van der Waals surface area contributed by atoms with Crippen LogP contribution in [0.15, 0.2) is 18.2 Å². The summed E-state index contributed by atoms with van der Waals surface area (Å²) in [6.07, 6.45) is -0.769. The number of rotatable bonds is 6. The molecule has 2 aromatic rings. The second-order valence-corrected chi connectivity index (χ2v) is 6.55. The highest BCUT2D eigenvalue weighted by atomic mass is 32.1. The van der Waals surface area contributed by atoms with Gasteiger partial charge in [0.05, 0.1) is 29.4 Å². The lowest BCUT2D eigenvalue weighted by atomic mass is 10.2. The second-order valence-electron chi connectivity index (χ2n) is 5.49. The van der Waals surface area contributed by atoms with Crippen molar-refractivity contribution in [3.63, 3.8) is 0 Å². The quantitative estimate of drug-likeness (QED) is 0.858. The molecule has 0 radical (unpaired) electrons. The van der Waals surface area contributed by atoms with Crippen LogP contribution in [0.5, 0.6) is 0 Å². The van der Waals surface area contributed by atoms with Gasteiger partial charge in [-0.25, -0.2) is 9.78 Å². The van der Waals surface area contributed by atoms with Crippen molar-refractivity contribution < 1.29 is 19.4 Å². The van der Waals surface area contributed by atoms with E-state index in [4.69, 9.17) is 14.7 Å². The summed E-state index contributed by atoms with van der Waals surface area (Å²) in [5.74, 6) is 0. The van der Waals surface area contributed by atoms with E-state index in [1.54, 1.807) is 12.0 Å². The van der Waals surface area contributed by atoms with E-state index >= 15 is 0 Å². The molecule has 0 saturated carbocycles. The molecule has 0 aliphatic carbocycles. The van der Waals surface area contributed by atoms with Gasteiger partial charge in [-0.3, -0.25) is 4.90 Å². The molecule has 2 atom stereocenters. The third-order valence-electron chi connectivity index (χ3n) is 3.74. The lowest BCUT2D eigenvalue weighted by Gasteiger charge is -2.12. The molecule has 7 nitrogen and oxygen atoms in total. The average molecular weight is 353 g/mol. The summed E-state index contributed by atoms with van der Waals surface area (Å²) in [5.41, 5.74) is 1.49. The van der Waals surface area contributed by atoms with E-state index in [1.807, 2.05) is 24.3 Å². The van der Waals surface area contributed by atoms with Gasteiger partial charge in [0.25, 0.3) is 0 Å².